The second kappa shape index (κ2) is 7.59. The van der Waals surface area contributed by atoms with Crippen molar-refractivity contribution in [3.05, 3.63) is 77.1 Å². The molecule has 2 aromatic heterocycles. The predicted molar refractivity (Wildman–Crippen MR) is 125 cm³/mol. The molecule has 3 aromatic rings. The number of benzene rings is 1. The van der Waals surface area contributed by atoms with Crippen LogP contribution in [0.5, 0.6) is 0 Å². The smallest absolute Gasteiger partial charge is 0.253 e. The molecule has 0 radical (unpaired) electrons. The molecule has 0 spiro atoms. The van der Waals surface area contributed by atoms with Gasteiger partial charge in [0.05, 0.1) is 28.4 Å². The lowest BCUT2D eigenvalue weighted by molar-refractivity contribution is -0.0503. The van der Waals surface area contributed by atoms with E-state index in [0.717, 1.165) is 29.8 Å². The Morgan fingerprint density at radius 3 is 2.27 bits per heavy atom. The van der Waals surface area contributed by atoms with Crippen molar-refractivity contribution in [2.45, 2.75) is 38.5 Å². The third kappa shape index (κ3) is 3.45. The van der Waals surface area contributed by atoms with Gasteiger partial charge in [-0.25, -0.2) is 0 Å². The van der Waals surface area contributed by atoms with E-state index in [1.54, 1.807) is 34.7 Å². The van der Waals surface area contributed by atoms with Crippen LogP contribution in [0, 0.1) is 34.5 Å². The molecule has 4 aliphatic rings. The molecule has 0 unspecified atom stereocenters. The quantitative estimate of drug-likeness (QED) is 0.572. The summed E-state index contributed by atoms with van der Waals surface area (Å²) in [6, 6.07) is 16.0. The minimum absolute atomic E-state index is 0.0631. The highest BCUT2D eigenvalue weighted by molar-refractivity contribution is 6.09. The van der Waals surface area contributed by atoms with E-state index >= 15 is 0 Å². The molecule has 2 heterocycles. The Balaban J connectivity index is 1.23. The van der Waals surface area contributed by atoms with E-state index in [9.17, 15) is 9.59 Å². The Labute approximate surface area is 193 Å². The van der Waals surface area contributed by atoms with Gasteiger partial charge in [-0.1, -0.05) is 0 Å². The van der Waals surface area contributed by atoms with Gasteiger partial charge in [0, 0.05) is 18.3 Å². The number of hydrogen-bond acceptors (Lipinski definition) is 3. The number of carbonyl (C=O) groups is 2. The van der Waals surface area contributed by atoms with Gasteiger partial charge in [-0.15, -0.1) is 0 Å². The molecule has 7 rings (SSSR count). The number of ketones is 1. The van der Waals surface area contributed by atoms with Gasteiger partial charge in [0.1, 0.15) is 0 Å². The highest BCUT2D eigenvalue weighted by atomic mass is 16.1. The number of rotatable bonds is 5. The number of amides is 1. The number of pyridine rings is 1. The SMILES string of the molecule is N#Cc1ccc(C(=O)c2ccc3c(C(=O)NCC45CC6CC(CC(C6)C4)C5)cccn23)cc1. The third-order valence-corrected chi connectivity index (χ3v) is 8.23. The maximum absolute atomic E-state index is 13.2. The van der Waals surface area contributed by atoms with Gasteiger partial charge in [-0.2, -0.15) is 5.26 Å². The Morgan fingerprint density at radius 1 is 0.970 bits per heavy atom. The van der Waals surface area contributed by atoms with Crippen LogP contribution in [-0.4, -0.2) is 22.6 Å². The van der Waals surface area contributed by atoms with Crippen molar-refractivity contribution in [3.8, 4) is 6.07 Å². The van der Waals surface area contributed by atoms with Crippen LogP contribution < -0.4 is 5.32 Å². The standard InChI is InChI=1S/C28H27N3O2/c29-16-18-3-5-22(6-4-18)26(32)25-8-7-24-23(2-1-9-31(24)25)27(33)30-17-28-13-19-10-20(14-28)12-21(11-19)15-28/h1-9,19-21H,10-15,17H2,(H,30,33). The summed E-state index contributed by atoms with van der Waals surface area (Å²) in [7, 11) is 0. The number of nitriles is 1. The van der Waals surface area contributed by atoms with Crippen molar-refractivity contribution in [2.24, 2.45) is 23.2 Å². The van der Waals surface area contributed by atoms with Crippen LogP contribution in [0.1, 0.15) is 70.5 Å². The van der Waals surface area contributed by atoms with Crippen LogP contribution in [-0.2, 0) is 0 Å². The topological polar surface area (TPSA) is 74.4 Å². The summed E-state index contributed by atoms with van der Waals surface area (Å²) in [5.74, 6) is 2.38. The molecular weight excluding hydrogens is 410 g/mol. The molecule has 1 N–H and O–H groups in total. The second-order valence-corrected chi connectivity index (χ2v) is 10.5. The van der Waals surface area contributed by atoms with Crippen molar-refractivity contribution >= 4 is 17.2 Å². The molecule has 0 aliphatic heterocycles. The van der Waals surface area contributed by atoms with E-state index in [1.807, 2.05) is 24.4 Å². The number of aromatic nitrogens is 1. The molecule has 5 nitrogen and oxygen atoms in total. The summed E-state index contributed by atoms with van der Waals surface area (Å²) >= 11 is 0. The van der Waals surface area contributed by atoms with Crippen molar-refractivity contribution < 1.29 is 9.59 Å². The Bertz CT molecular complexity index is 1260. The number of carbonyl (C=O) groups excluding carboxylic acids is 2. The Morgan fingerprint density at radius 2 is 1.64 bits per heavy atom. The summed E-state index contributed by atoms with van der Waals surface area (Å²) in [6.07, 6.45) is 9.79. The summed E-state index contributed by atoms with van der Waals surface area (Å²) < 4.78 is 1.79. The van der Waals surface area contributed by atoms with E-state index in [4.69, 9.17) is 5.26 Å². The van der Waals surface area contributed by atoms with Crippen molar-refractivity contribution in [3.63, 3.8) is 0 Å². The molecule has 33 heavy (non-hydrogen) atoms. The van der Waals surface area contributed by atoms with Gasteiger partial charge in [-0.3, -0.25) is 9.59 Å². The predicted octanol–water partition coefficient (Wildman–Crippen LogP) is 4.99. The van der Waals surface area contributed by atoms with Crippen LogP contribution >= 0.6 is 0 Å². The fourth-order valence-corrected chi connectivity index (χ4v) is 7.23. The average Bonchev–Trinajstić information content (AvgIpc) is 3.26. The van der Waals surface area contributed by atoms with Crippen molar-refractivity contribution in [1.82, 2.24) is 9.72 Å². The molecule has 0 saturated heterocycles. The Kier molecular flexibility index (Phi) is 4.65. The fourth-order valence-electron chi connectivity index (χ4n) is 7.23. The molecule has 4 fully saturated rings. The molecule has 5 heteroatoms. The van der Waals surface area contributed by atoms with Gasteiger partial charge in [0.2, 0.25) is 5.78 Å². The first-order valence-electron chi connectivity index (χ1n) is 12.0. The molecule has 1 aromatic carbocycles. The minimum Gasteiger partial charge on any atom is -0.351 e. The highest BCUT2D eigenvalue weighted by Gasteiger charge is 2.50. The second-order valence-electron chi connectivity index (χ2n) is 10.5. The number of nitrogens with zero attached hydrogens (tertiary/aromatic N) is 2. The number of nitrogens with one attached hydrogen (secondary N) is 1. The van der Waals surface area contributed by atoms with E-state index in [2.05, 4.69) is 11.4 Å². The van der Waals surface area contributed by atoms with E-state index in [-0.39, 0.29) is 17.1 Å². The van der Waals surface area contributed by atoms with Crippen LogP contribution in [0.3, 0.4) is 0 Å². The molecule has 166 valence electrons. The lowest BCUT2D eigenvalue weighted by Gasteiger charge is -2.56. The lowest BCUT2D eigenvalue weighted by atomic mass is 9.49. The molecule has 4 bridgehead atoms. The largest absolute Gasteiger partial charge is 0.351 e. The monoisotopic (exact) mass is 437 g/mol. The summed E-state index contributed by atoms with van der Waals surface area (Å²) in [5, 5.41) is 12.3. The molecule has 4 aliphatic carbocycles. The molecule has 4 saturated carbocycles. The normalized spacial score (nSPS) is 27.4. The third-order valence-electron chi connectivity index (χ3n) is 8.23. The van der Waals surface area contributed by atoms with Gasteiger partial charge in [0.25, 0.3) is 5.91 Å². The maximum atomic E-state index is 13.2. The molecular formula is C28H27N3O2. The van der Waals surface area contributed by atoms with Crippen molar-refractivity contribution in [1.29, 1.82) is 5.26 Å². The molecule has 0 atom stereocenters. The zero-order chi connectivity index (χ0) is 22.6. The zero-order valence-corrected chi connectivity index (χ0v) is 18.6. The maximum Gasteiger partial charge on any atom is 0.253 e. The van der Waals surface area contributed by atoms with Crippen LogP contribution in [0.4, 0.5) is 0 Å². The van der Waals surface area contributed by atoms with Crippen LogP contribution in [0.2, 0.25) is 0 Å². The number of fused-ring (bicyclic) bond motifs is 1. The average molecular weight is 438 g/mol. The van der Waals surface area contributed by atoms with Crippen molar-refractivity contribution in [2.75, 3.05) is 6.54 Å². The molecule has 1 amide bonds. The van der Waals surface area contributed by atoms with Gasteiger partial charge in [0.15, 0.2) is 0 Å². The minimum atomic E-state index is -0.134. The van der Waals surface area contributed by atoms with Gasteiger partial charge < -0.3 is 9.72 Å². The highest BCUT2D eigenvalue weighted by Crippen LogP contribution is 2.59. The van der Waals surface area contributed by atoms with Gasteiger partial charge in [-0.05, 0) is 110 Å². The summed E-state index contributed by atoms with van der Waals surface area (Å²) in [4.78, 5) is 26.3. The van der Waals surface area contributed by atoms with E-state index in [1.165, 1.54) is 38.5 Å². The first kappa shape index (κ1) is 20.2. The summed E-state index contributed by atoms with van der Waals surface area (Å²) in [6.45, 7) is 0.758. The zero-order valence-electron chi connectivity index (χ0n) is 18.6. The van der Waals surface area contributed by atoms with E-state index < -0.39 is 0 Å². The summed E-state index contributed by atoms with van der Waals surface area (Å²) in [5.41, 5.74) is 3.16. The first-order chi connectivity index (χ1) is 16.0. The lowest BCUT2D eigenvalue weighted by Crippen LogP contribution is -2.51. The Hall–Kier alpha value is -3.39. The van der Waals surface area contributed by atoms with Crippen LogP contribution in [0.15, 0.2) is 54.7 Å². The number of hydrogen-bond donors (Lipinski definition) is 1. The van der Waals surface area contributed by atoms with Crippen LogP contribution in [0.25, 0.3) is 5.52 Å². The first-order valence-corrected chi connectivity index (χ1v) is 12.0. The fraction of sp³-hybridized carbons (Fsp3) is 0.393. The van der Waals surface area contributed by atoms with Gasteiger partial charge >= 0.3 is 0 Å². The van der Waals surface area contributed by atoms with E-state index in [0.29, 0.717) is 22.4 Å².